The fourth-order valence-corrected chi connectivity index (χ4v) is 2.91. The topological polar surface area (TPSA) is 62.1 Å². The molecule has 0 spiro atoms. The maximum atomic E-state index is 12.4. The zero-order valence-electron chi connectivity index (χ0n) is 10.5. The standard InChI is InChI=1S/C13H12ClN3O2/c1-7-3-5-8(6-4-7)17-11(18)9-10(14)15-16-13(9,2)12(17)19/h3-6,9-10H,1-2H3. The second-order valence-electron chi connectivity index (χ2n) is 5.03. The predicted octanol–water partition coefficient (Wildman–Crippen LogP) is 2.27. The molecule has 2 aliphatic heterocycles. The summed E-state index contributed by atoms with van der Waals surface area (Å²) in [7, 11) is 0. The van der Waals surface area contributed by atoms with Gasteiger partial charge in [0.15, 0.2) is 11.0 Å². The normalized spacial score (nSPS) is 33.1. The van der Waals surface area contributed by atoms with Gasteiger partial charge in [0.2, 0.25) is 5.91 Å². The van der Waals surface area contributed by atoms with Crippen molar-refractivity contribution in [1.82, 2.24) is 0 Å². The molecule has 98 valence electrons. The quantitative estimate of drug-likeness (QED) is 0.449. The van der Waals surface area contributed by atoms with Crippen molar-refractivity contribution in [2.24, 2.45) is 16.1 Å². The minimum absolute atomic E-state index is 0.332. The van der Waals surface area contributed by atoms with Crippen LogP contribution in [-0.2, 0) is 9.59 Å². The minimum atomic E-state index is -1.16. The molecule has 0 bridgehead atoms. The van der Waals surface area contributed by atoms with Crippen LogP contribution in [0.5, 0.6) is 0 Å². The molecule has 6 heteroatoms. The van der Waals surface area contributed by atoms with E-state index in [1.807, 2.05) is 19.1 Å². The molecule has 2 aliphatic rings. The van der Waals surface area contributed by atoms with Gasteiger partial charge < -0.3 is 0 Å². The molecule has 19 heavy (non-hydrogen) atoms. The van der Waals surface area contributed by atoms with Crippen LogP contribution in [0.4, 0.5) is 5.69 Å². The highest BCUT2D eigenvalue weighted by atomic mass is 35.5. The van der Waals surface area contributed by atoms with Gasteiger partial charge in [-0.3, -0.25) is 9.59 Å². The first-order valence-corrected chi connectivity index (χ1v) is 6.40. The van der Waals surface area contributed by atoms with E-state index in [1.165, 1.54) is 0 Å². The number of alkyl halides is 1. The summed E-state index contributed by atoms with van der Waals surface area (Å²) in [5.41, 5.74) is -0.315. The molecule has 3 rings (SSSR count). The molecule has 0 aliphatic carbocycles. The van der Waals surface area contributed by atoms with Crippen molar-refractivity contribution in [3.8, 4) is 0 Å². The van der Waals surface area contributed by atoms with Crippen LogP contribution >= 0.6 is 11.6 Å². The Morgan fingerprint density at radius 1 is 1.26 bits per heavy atom. The number of azo groups is 1. The van der Waals surface area contributed by atoms with Gasteiger partial charge in [-0.2, -0.15) is 10.2 Å². The van der Waals surface area contributed by atoms with E-state index < -0.39 is 17.0 Å². The number of benzene rings is 1. The van der Waals surface area contributed by atoms with Crippen LogP contribution in [0.2, 0.25) is 0 Å². The van der Waals surface area contributed by atoms with E-state index >= 15 is 0 Å². The van der Waals surface area contributed by atoms with Crippen molar-refractivity contribution in [2.45, 2.75) is 24.9 Å². The van der Waals surface area contributed by atoms with Crippen molar-refractivity contribution in [3.63, 3.8) is 0 Å². The van der Waals surface area contributed by atoms with Gasteiger partial charge in [-0.1, -0.05) is 29.3 Å². The first-order chi connectivity index (χ1) is 8.95. The van der Waals surface area contributed by atoms with Gasteiger partial charge in [-0.05, 0) is 26.0 Å². The number of rotatable bonds is 1. The highest BCUT2D eigenvalue weighted by molar-refractivity contribution is 6.30. The molecule has 1 fully saturated rings. The zero-order valence-corrected chi connectivity index (χ0v) is 11.3. The number of aryl methyl sites for hydroxylation is 1. The molecule has 3 unspecified atom stereocenters. The molecule has 1 aromatic carbocycles. The van der Waals surface area contributed by atoms with Gasteiger partial charge in [-0.25, -0.2) is 4.90 Å². The molecule has 0 N–H and O–H groups in total. The van der Waals surface area contributed by atoms with Gasteiger partial charge in [0.1, 0.15) is 5.92 Å². The van der Waals surface area contributed by atoms with E-state index in [9.17, 15) is 9.59 Å². The Kier molecular flexibility index (Phi) is 2.50. The number of carbonyl (C=O) groups excluding carboxylic acids is 2. The molecule has 2 heterocycles. The van der Waals surface area contributed by atoms with Gasteiger partial charge in [0, 0.05) is 0 Å². The third kappa shape index (κ3) is 1.54. The summed E-state index contributed by atoms with van der Waals surface area (Å²) in [4.78, 5) is 26.0. The predicted molar refractivity (Wildman–Crippen MR) is 70.1 cm³/mol. The molecule has 0 aromatic heterocycles. The maximum absolute atomic E-state index is 12.4. The van der Waals surface area contributed by atoms with Crippen molar-refractivity contribution in [3.05, 3.63) is 29.8 Å². The largest absolute Gasteiger partial charge is 0.273 e. The smallest absolute Gasteiger partial charge is 0.264 e. The SMILES string of the molecule is Cc1ccc(N2C(=O)C3C(Cl)N=NC3(C)C2=O)cc1. The summed E-state index contributed by atoms with van der Waals surface area (Å²) in [6, 6.07) is 7.20. The summed E-state index contributed by atoms with van der Waals surface area (Å²) in [5, 5.41) is 7.67. The number of imide groups is 1. The summed E-state index contributed by atoms with van der Waals surface area (Å²) in [6.45, 7) is 3.55. The van der Waals surface area contributed by atoms with Gasteiger partial charge in [0.25, 0.3) is 5.91 Å². The van der Waals surface area contributed by atoms with Crippen molar-refractivity contribution >= 4 is 29.1 Å². The number of amides is 2. The van der Waals surface area contributed by atoms with E-state index in [4.69, 9.17) is 11.6 Å². The Morgan fingerprint density at radius 2 is 1.89 bits per heavy atom. The summed E-state index contributed by atoms with van der Waals surface area (Å²) >= 11 is 5.98. The van der Waals surface area contributed by atoms with Crippen molar-refractivity contribution < 1.29 is 9.59 Å². The van der Waals surface area contributed by atoms with Crippen LogP contribution in [0.25, 0.3) is 0 Å². The van der Waals surface area contributed by atoms with Gasteiger partial charge >= 0.3 is 0 Å². The summed E-state index contributed by atoms with van der Waals surface area (Å²) in [5.74, 6) is -1.40. The Labute approximate surface area is 115 Å². The van der Waals surface area contributed by atoms with Gasteiger partial charge in [-0.15, -0.1) is 0 Å². The Hall–Kier alpha value is -1.75. The van der Waals surface area contributed by atoms with Crippen LogP contribution < -0.4 is 4.90 Å². The van der Waals surface area contributed by atoms with Crippen LogP contribution in [0.15, 0.2) is 34.5 Å². The average molecular weight is 278 g/mol. The van der Waals surface area contributed by atoms with Crippen molar-refractivity contribution in [2.75, 3.05) is 4.90 Å². The second kappa shape index (κ2) is 3.87. The number of hydrogen-bond donors (Lipinski definition) is 0. The Balaban J connectivity index is 2.05. The first-order valence-electron chi connectivity index (χ1n) is 5.96. The number of halogens is 1. The second-order valence-corrected chi connectivity index (χ2v) is 5.47. The monoisotopic (exact) mass is 277 g/mol. The zero-order chi connectivity index (χ0) is 13.8. The number of carbonyl (C=O) groups is 2. The lowest BCUT2D eigenvalue weighted by Gasteiger charge is -2.16. The lowest BCUT2D eigenvalue weighted by molar-refractivity contribution is -0.122. The molecule has 0 radical (unpaired) electrons. The van der Waals surface area contributed by atoms with Crippen molar-refractivity contribution in [1.29, 1.82) is 0 Å². The Bertz CT molecular complexity index is 598. The van der Waals surface area contributed by atoms with Crippen LogP contribution in [0.1, 0.15) is 12.5 Å². The third-order valence-electron chi connectivity index (χ3n) is 3.67. The molecular weight excluding hydrogens is 266 g/mol. The molecule has 5 nitrogen and oxygen atoms in total. The Morgan fingerprint density at radius 3 is 2.47 bits per heavy atom. The molecular formula is C13H12ClN3O2. The molecule has 2 amide bonds. The number of anilines is 1. The van der Waals surface area contributed by atoms with Crippen LogP contribution in [0, 0.1) is 12.8 Å². The molecule has 3 atom stereocenters. The molecule has 1 saturated heterocycles. The highest BCUT2D eigenvalue weighted by Crippen LogP contribution is 2.44. The maximum Gasteiger partial charge on any atom is 0.264 e. The minimum Gasteiger partial charge on any atom is -0.273 e. The third-order valence-corrected chi connectivity index (χ3v) is 4.01. The lowest BCUT2D eigenvalue weighted by atomic mass is 9.90. The van der Waals surface area contributed by atoms with Gasteiger partial charge in [0.05, 0.1) is 5.69 Å². The number of fused-ring (bicyclic) bond motifs is 1. The van der Waals surface area contributed by atoms with Crippen LogP contribution in [0.3, 0.4) is 0 Å². The summed E-state index contributed by atoms with van der Waals surface area (Å²) in [6.07, 6.45) is 0. The fraction of sp³-hybridized carbons (Fsp3) is 0.385. The number of hydrogen-bond acceptors (Lipinski definition) is 4. The lowest BCUT2D eigenvalue weighted by Crippen LogP contribution is -2.37. The van der Waals surface area contributed by atoms with E-state index in [2.05, 4.69) is 10.2 Å². The van der Waals surface area contributed by atoms with E-state index in [-0.39, 0.29) is 11.8 Å². The number of nitrogens with zero attached hydrogens (tertiary/aromatic N) is 3. The average Bonchev–Trinajstić information content (AvgIpc) is 2.78. The molecule has 0 saturated carbocycles. The summed E-state index contributed by atoms with van der Waals surface area (Å²) < 4.78 is 0. The van der Waals surface area contributed by atoms with E-state index in [0.29, 0.717) is 5.69 Å². The molecule has 1 aromatic rings. The van der Waals surface area contributed by atoms with E-state index in [0.717, 1.165) is 10.5 Å². The van der Waals surface area contributed by atoms with E-state index in [1.54, 1.807) is 19.1 Å². The fourth-order valence-electron chi connectivity index (χ4n) is 2.51. The first kappa shape index (κ1) is 12.3. The highest BCUT2D eigenvalue weighted by Gasteiger charge is 2.63. The van der Waals surface area contributed by atoms with Crippen LogP contribution in [-0.4, -0.2) is 22.9 Å².